The average Bonchev–Trinajstić information content (AvgIpc) is 2.77. The SMILES string of the molecule is CC1=[C-]CC(C)=C1.CC1=[C-]CC=C1C.[CH3][Ge]([CH3])=[Ti+2].[Cl-].[Cl-]. The maximum absolute atomic E-state index is 3.19. The number of hydrogen-bond acceptors (Lipinski definition) is 0. The van der Waals surface area contributed by atoms with E-state index in [1.54, 1.807) is 0 Å². The summed E-state index contributed by atoms with van der Waals surface area (Å²) in [7, 11) is -0.333. The molecule has 0 aromatic heterocycles. The first kappa shape index (κ1) is 25.7. The molecule has 2 aliphatic rings. The Balaban J connectivity index is -0.000000215. The number of hydrogen-bond donors (Lipinski definition) is 0. The molecule has 0 amide bonds. The van der Waals surface area contributed by atoms with Gasteiger partial charge in [0.05, 0.1) is 0 Å². The molecular weight excluding hydrogens is 384 g/mol. The van der Waals surface area contributed by atoms with Gasteiger partial charge in [0, 0.05) is 0 Å². The van der Waals surface area contributed by atoms with Crippen LogP contribution >= 0.6 is 0 Å². The molecule has 0 aromatic carbocycles. The predicted molar refractivity (Wildman–Crippen MR) is 79.1 cm³/mol. The van der Waals surface area contributed by atoms with Gasteiger partial charge in [0.1, 0.15) is 0 Å². The molecule has 2 rings (SSSR count). The summed E-state index contributed by atoms with van der Waals surface area (Å²) in [5.74, 6) is 4.67. The van der Waals surface area contributed by atoms with E-state index < -0.39 is 0 Å². The Hall–Kier alpha value is 0.797. The van der Waals surface area contributed by atoms with Crippen molar-refractivity contribution in [3.05, 3.63) is 46.6 Å². The van der Waals surface area contributed by atoms with Gasteiger partial charge in [-0.1, -0.05) is 20.8 Å². The van der Waals surface area contributed by atoms with Crippen LogP contribution in [-0.2, 0) is 17.6 Å². The van der Waals surface area contributed by atoms with Crippen molar-refractivity contribution in [1.29, 1.82) is 0 Å². The van der Waals surface area contributed by atoms with Gasteiger partial charge >= 0.3 is 40.1 Å². The zero-order chi connectivity index (χ0) is 14.1. The van der Waals surface area contributed by atoms with Crippen LogP contribution < -0.4 is 24.8 Å². The number of allylic oxidation sites excluding steroid dienone is 8. The van der Waals surface area contributed by atoms with E-state index in [2.05, 4.69) is 81.1 Å². The monoisotopic (exact) mass is 408 g/mol. The third-order valence-corrected chi connectivity index (χ3v) is 2.48. The molecular formula is C16H24Cl2GeTi-2. The molecule has 20 heavy (non-hydrogen) atoms. The van der Waals surface area contributed by atoms with Crippen molar-refractivity contribution in [3.8, 4) is 0 Å². The van der Waals surface area contributed by atoms with E-state index in [1.807, 2.05) is 0 Å². The van der Waals surface area contributed by atoms with Gasteiger partial charge in [0.25, 0.3) is 0 Å². The zero-order valence-corrected chi connectivity index (χ0v) is 18.5. The molecule has 0 saturated heterocycles. The minimum Gasteiger partial charge on any atom is -1.00 e. The first-order valence-corrected chi connectivity index (χ1v) is 15.6. The summed E-state index contributed by atoms with van der Waals surface area (Å²) in [6.45, 7) is 8.42. The summed E-state index contributed by atoms with van der Waals surface area (Å²) in [5.41, 5.74) is 5.43. The second-order valence-corrected chi connectivity index (χ2v) is 17.2. The maximum atomic E-state index is 3.19. The van der Waals surface area contributed by atoms with Crippen molar-refractivity contribution >= 4 is 11.0 Å². The summed E-state index contributed by atoms with van der Waals surface area (Å²) in [6, 6.07) is 0. The van der Waals surface area contributed by atoms with Crippen LogP contribution in [0, 0.1) is 12.2 Å². The van der Waals surface area contributed by atoms with Crippen molar-refractivity contribution in [2.45, 2.75) is 52.0 Å². The number of halogens is 2. The van der Waals surface area contributed by atoms with Gasteiger partial charge < -0.3 is 24.8 Å². The topological polar surface area (TPSA) is 0 Å². The fraction of sp³-hybridized carbons (Fsp3) is 0.500. The Morgan fingerprint density at radius 2 is 1.55 bits per heavy atom. The van der Waals surface area contributed by atoms with Crippen LogP contribution in [0.2, 0.25) is 11.5 Å². The van der Waals surface area contributed by atoms with Crippen LogP contribution in [-0.4, -0.2) is 11.0 Å². The standard InChI is InChI=1S/2C7H9.C2H6Ge.2ClH.Ti/c1-6-3-4-7(2)5-6;1-6-4-3-5-7(6)2;1-3-2;;;/h5H,3H2,1-2H3;4H,3H2,1-2H3;1-2H3;2*1H;/q2*-1;;;;+2/p-2. The maximum Gasteiger partial charge on any atom is -1.00 e. The third-order valence-electron chi connectivity index (χ3n) is 2.48. The molecule has 0 nitrogen and oxygen atoms in total. The van der Waals surface area contributed by atoms with Gasteiger partial charge in [0.15, 0.2) is 0 Å². The van der Waals surface area contributed by atoms with Crippen molar-refractivity contribution < 1.29 is 42.4 Å². The molecule has 112 valence electrons. The second-order valence-electron chi connectivity index (χ2n) is 4.92. The van der Waals surface area contributed by atoms with Crippen LogP contribution in [0.3, 0.4) is 0 Å². The van der Waals surface area contributed by atoms with Gasteiger partial charge in [-0.15, -0.1) is 19.8 Å². The minimum absolute atomic E-state index is 0. The Labute approximate surface area is 151 Å². The molecule has 0 aliphatic heterocycles. The summed E-state index contributed by atoms with van der Waals surface area (Å²) in [6.07, 6.45) is 12.8. The Bertz CT molecular complexity index is 398. The molecule has 0 bridgehead atoms. The van der Waals surface area contributed by atoms with E-state index in [-0.39, 0.29) is 35.8 Å². The van der Waals surface area contributed by atoms with Crippen molar-refractivity contribution in [2.24, 2.45) is 0 Å². The van der Waals surface area contributed by atoms with Gasteiger partial charge in [0.2, 0.25) is 0 Å². The molecule has 0 saturated carbocycles. The Kier molecular flexibility index (Phi) is 18.9. The van der Waals surface area contributed by atoms with Crippen molar-refractivity contribution in [1.82, 2.24) is 0 Å². The normalized spacial score (nSPS) is 14.8. The van der Waals surface area contributed by atoms with Gasteiger partial charge in [-0.3, -0.25) is 12.2 Å². The van der Waals surface area contributed by atoms with E-state index in [0.29, 0.717) is 0 Å². The van der Waals surface area contributed by atoms with Crippen LogP contribution in [0.4, 0.5) is 0 Å². The predicted octanol–water partition coefficient (Wildman–Crippen LogP) is -1.04. The molecule has 0 radical (unpaired) electrons. The van der Waals surface area contributed by atoms with E-state index in [9.17, 15) is 0 Å². The minimum atomic E-state index is -0.333. The fourth-order valence-corrected chi connectivity index (χ4v) is 1.40. The zero-order valence-electron chi connectivity index (χ0n) is 13.3. The third kappa shape index (κ3) is 15.2. The largest absolute Gasteiger partial charge is 1.00 e. The summed E-state index contributed by atoms with van der Waals surface area (Å²) >= 11 is 2.33. The van der Waals surface area contributed by atoms with Crippen molar-refractivity contribution in [2.75, 3.05) is 0 Å². The molecule has 0 atom stereocenters. The van der Waals surface area contributed by atoms with Gasteiger partial charge in [-0.05, 0) is 0 Å². The van der Waals surface area contributed by atoms with Crippen molar-refractivity contribution in [3.63, 3.8) is 0 Å². The smallest absolute Gasteiger partial charge is 1.00 e. The quantitative estimate of drug-likeness (QED) is 0.356. The molecule has 4 heteroatoms. The fourth-order valence-electron chi connectivity index (χ4n) is 1.40. The van der Waals surface area contributed by atoms with E-state index in [0.717, 1.165) is 12.8 Å². The van der Waals surface area contributed by atoms with E-state index >= 15 is 0 Å². The van der Waals surface area contributed by atoms with Crippen LogP contribution in [0.1, 0.15) is 40.5 Å². The molecule has 0 aromatic rings. The number of rotatable bonds is 0. The summed E-state index contributed by atoms with van der Waals surface area (Å²) < 4.78 is 0. The first-order valence-electron chi connectivity index (χ1n) is 6.33. The Morgan fingerprint density at radius 3 is 1.65 bits per heavy atom. The van der Waals surface area contributed by atoms with Crippen LogP contribution in [0.25, 0.3) is 0 Å². The average molecular weight is 408 g/mol. The molecule has 0 spiro atoms. The first-order chi connectivity index (χ1) is 8.32. The summed E-state index contributed by atoms with van der Waals surface area (Å²) in [4.78, 5) is 0. The van der Waals surface area contributed by atoms with Gasteiger partial charge in [-0.25, -0.2) is 22.8 Å². The van der Waals surface area contributed by atoms with Crippen LogP contribution in [0.15, 0.2) is 34.4 Å². The molecule has 0 N–H and O–H groups in total. The molecule has 0 fully saturated rings. The molecule has 2 aliphatic carbocycles. The van der Waals surface area contributed by atoms with E-state index in [1.165, 1.54) is 22.3 Å². The molecule has 0 heterocycles. The van der Waals surface area contributed by atoms with Crippen LogP contribution in [0.5, 0.6) is 0 Å². The second kappa shape index (κ2) is 14.7. The van der Waals surface area contributed by atoms with E-state index in [4.69, 9.17) is 0 Å². The van der Waals surface area contributed by atoms with Gasteiger partial charge in [-0.2, -0.15) is 11.6 Å². The molecule has 0 unspecified atom stereocenters. The Morgan fingerprint density at radius 1 is 1.05 bits per heavy atom. The summed E-state index contributed by atoms with van der Waals surface area (Å²) in [5, 5.41) is 0.